The van der Waals surface area contributed by atoms with Crippen LogP contribution in [0.25, 0.3) is 10.8 Å². The van der Waals surface area contributed by atoms with Crippen molar-refractivity contribution in [1.82, 2.24) is 15.1 Å². The molecule has 0 atom stereocenters. The first-order valence-electron chi connectivity index (χ1n) is 9.64. The first-order valence-corrected chi connectivity index (χ1v) is 10.8. The molecule has 4 aromatic rings. The van der Waals surface area contributed by atoms with E-state index in [-0.39, 0.29) is 17.2 Å². The number of nitrogens with one attached hydrogen (secondary N) is 1. The fraction of sp³-hybridized carbons (Fsp3) is 0.174. The molecular weight excluding hydrogens is 398 g/mol. The van der Waals surface area contributed by atoms with Crippen LogP contribution in [0.2, 0.25) is 0 Å². The van der Waals surface area contributed by atoms with Crippen LogP contribution in [0.1, 0.15) is 21.8 Å². The number of carbonyl (C=O) groups is 1. The summed E-state index contributed by atoms with van der Waals surface area (Å²) in [6, 6.07) is 20.5. The minimum absolute atomic E-state index is 0.208. The number of nitrogens with zero attached hydrogens (tertiary/aromatic N) is 2. The molecule has 0 aliphatic rings. The van der Waals surface area contributed by atoms with Crippen molar-refractivity contribution in [2.75, 3.05) is 12.3 Å². The van der Waals surface area contributed by atoms with Gasteiger partial charge >= 0.3 is 0 Å². The predicted molar refractivity (Wildman–Crippen MR) is 119 cm³/mol. The van der Waals surface area contributed by atoms with Gasteiger partial charge in [0.05, 0.1) is 23.9 Å². The Morgan fingerprint density at radius 1 is 1.00 bits per heavy atom. The van der Waals surface area contributed by atoms with Crippen molar-refractivity contribution in [1.29, 1.82) is 0 Å². The topological polar surface area (TPSA) is 77.1 Å². The number of hydrogen-bond donors (Lipinski definition) is 1. The van der Waals surface area contributed by atoms with Gasteiger partial charge in [0.15, 0.2) is 5.69 Å². The molecule has 7 heteroatoms. The Morgan fingerprint density at radius 2 is 1.77 bits per heavy atom. The number of carbonyl (C=O) groups excluding carboxylic acids is 1. The van der Waals surface area contributed by atoms with Crippen molar-refractivity contribution in [2.24, 2.45) is 0 Å². The normalized spacial score (nSPS) is 10.9. The molecule has 152 valence electrons. The quantitative estimate of drug-likeness (QED) is 0.441. The maximum atomic E-state index is 12.9. The van der Waals surface area contributed by atoms with Crippen molar-refractivity contribution in [2.45, 2.75) is 12.3 Å². The zero-order chi connectivity index (χ0) is 20.8. The number of furan rings is 1. The Balaban J connectivity index is 1.51. The molecule has 4 rings (SSSR count). The third kappa shape index (κ3) is 4.63. The zero-order valence-corrected chi connectivity index (χ0v) is 17.1. The summed E-state index contributed by atoms with van der Waals surface area (Å²) >= 11 is 1.68. The average Bonchev–Trinajstić information content (AvgIpc) is 3.30. The molecular formula is C23H21N3O3S. The number of thioether (sulfide) groups is 1. The number of fused-ring (bicyclic) bond motifs is 1. The van der Waals surface area contributed by atoms with Gasteiger partial charge in [-0.1, -0.05) is 48.5 Å². The lowest BCUT2D eigenvalue weighted by molar-refractivity contribution is 0.0950. The Morgan fingerprint density at radius 3 is 2.53 bits per heavy atom. The Labute approximate surface area is 177 Å². The summed E-state index contributed by atoms with van der Waals surface area (Å²) < 4.78 is 6.66. The fourth-order valence-electron chi connectivity index (χ4n) is 3.15. The molecule has 0 bridgehead atoms. The van der Waals surface area contributed by atoms with Crippen LogP contribution in [0.5, 0.6) is 0 Å². The van der Waals surface area contributed by atoms with Crippen LogP contribution in [0, 0.1) is 0 Å². The highest BCUT2D eigenvalue weighted by Gasteiger charge is 2.16. The summed E-state index contributed by atoms with van der Waals surface area (Å²) in [7, 11) is 0. The number of hydrogen-bond acceptors (Lipinski definition) is 5. The molecule has 0 spiro atoms. The predicted octanol–water partition coefficient (Wildman–Crippen LogP) is 3.70. The molecule has 2 aromatic heterocycles. The summed E-state index contributed by atoms with van der Waals surface area (Å²) in [4.78, 5) is 25.7. The molecule has 0 aliphatic carbocycles. The van der Waals surface area contributed by atoms with E-state index in [0.29, 0.717) is 23.9 Å². The van der Waals surface area contributed by atoms with E-state index >= 15 is 0 Å². The van der Waals surface area contributed by atoms with E-state index in [2.05, 4.69) is 10.4 Å². The third-order valence-corrected chi connectivity index (χ3v) is 5.60. The largest absolute Gasteiger partial charge is 0.468 e. The van der Waals surface area contributed by atoms with Gasteiger partial charge in [-0.25, -0.2) is 4.68 Å². The van der Waals surface area contributed by atoms with E-state index in [9.17, 15) is 9.59 Å². The SMILES string of the molecule is O=C(NCCSCc1ccco1)c1nn(Cc2ccccc2)c(=O)c2ccccc12. The first kappa shape index (κ1) is 20.0. The highest BCUT2D eigenvalue weighted by molar-refractivity contribution is 7.98. The maximum absolute atomic E-state index is 12.9. The van der Waals surface area contributed by atoms with Gasteiger partial charge in [-0.2, -0.15) is 16.9 Å². The summed E-state index contributed by atoms with van der Waals surface area (Å²) in [5.41, 5.74) is 1.00. The number of amides is 1. The van der Waals surface area contributed by atoms with Gasteiger partial charge in [-0.15, -0.1) is 0 Å². The molecule has 6 nitrogen and oxygen atoms in total. The second kappa shape index (κ2) is 9.45. The van der Waals surface area contributed by atoms with E-state index in [4.69, 9.17) is 4.42 Å². The van der Waals surface area contributed by atoms with Gasteiger partial charge in [-0.05, 0) is 23.8 Å². The summed E-state index contributed by atoms with van der Waals surface area (Å²) in [6.07, 6.45) is 1.65. The molecule has 2 heterocycles. The average molecular weight is 420 g/mol. The summed E-state index contributed by atoms with van der Waals surface area (Å²) in [6.45, 7) is 0.807. The van der Waals surface area contributed by atoms with Gasteiger partial charge in [0.2, 0.25) is 0 Å². The molecule has 0 radical (unpaired) electrons. The van der Waals surface area contributed by atoms with Crippen LogP contribution in [0.4, 0.5) is 0 Å². The fourth-order valence-corrected chi connectivity index (χ4v) is 3.91. The summed E-state index contributed by atoms with van der Waals surface area (Å²) in [5, 5.41) is 8.37. The minimum Gasteiger partial charge on any atom is -0.468 e. The first-order chi connectivity index (χ1) is 14.7. The Hall–Kier alpha value is -3.32. The lowest BCUT2D eigenvalue weighted by atomic mass is 10.1. The van der Waals surface area contributed by atoms with Crippen molar-refractivity contribution >= 4 is 28.4 Å². The molecule has 30 heavy (non-hydrogen) atoms. The minimum atomic E-state index is -0.286. The molecule has 0 saturated carbocycles. The van der Waals surface area contributed by atoms with Crippen molar-refractivity contribution in [3.8, 4) is 0 Å². The highest BCUT2D eigenvalue weighted by atomic mass is 32.2. The maximum Gasteiger partial charge on any atom is 0.274 e. The van der Waals surface area contributed by atoms with Gasteiger partial charge in [0.1, 0.15) is 5.76 Å². The van der Waals surface area contributed by atoms with E-state index in [1.165, 1.54) is 4.68 Å². The van der Waals surface area contributed by atoms with Crippen molar-refractivity contribution in [3.05, 3.63) is 100 Å². The summed E-state index contributed by atoms with van der Waals surface area (Å²) in [5.74, 6) is 2.12. The van der Waals surface area contributed by atoms with Gasteiger partial charge in [0, 0.05) is 17.7 Å². The number of benzene rings is 2. The molecule has 0 unspecified atom stereocenters. The van der Waals surface area contributed by atoms with Crippen LogP contribution in [0.15, 0.2) is 82.2 Å². The van der Waals surface area contributed by atoms with Crippen LogP contribution in [-0.2, 0) is 12.3 Å². The van der Waals surface area contributed by atoms with Crippen LogP contribution >= 0.6 is 11.8 Å². The van der Waals surface area contributed by atoms with Crippen molar-refractivity contribution in [3.63, 3.8) is 0 Å². The second-order valence-electron chi connectivity index (χ2n) is 6.73. The second-order valence-corrected chi connectivity index (χ2v) is 7.84. The standard InChI is InChI=1S/C23H21N3O3S/c27-22(24-12-14-30-16-18-9-6-13-29-18)21-19-10-4-5-11-20(19)23(28)26(25-21)15-17-7-2-1-3-8-17/h1-11,13H,12,14-16H2,(H,24,27). The molecule has 1 N–H and O–H groups in total. The van der Waals surface area contributed by atoms with E-state index in [1.807, 2.05) is 42.5 Å². The van der Waals surface area contributed by atoms with Crippen molar-refractivity contribution < 1.29 is 9.21 Å². The monoisotopic (exact) mass is 419 g/mol. The van der Waals surface area contributed by atoms with E-state index < -0.39 is 0 Å². The number of rotatable bonds is 8. The van der Waals surface area contributed by atoms with Crippen LogP contribution in [-0.4, -0.2) is 28.0 Å². The van der Waals surface area contributed by atoms with E-state index in [0.717, 1.165) is 22.8 Å². The van der Waals surface area contributed by atoms with Gasteiger partial charge in [0.25, 0.3) is 11.5 Å². The third-order valence-electron chi connectivity index (χ3n) is 4.61. The van der Waals surface area contributed by atoms with Gasteiger partial charge in [-0.3, -0.25) is 9.59 Å². The molecule has 0 aliphatic heterocycles. The van der Waals surface area contributed by atoms with E-state index in [1.54, 1.807) is 42.3 Å². The lowest BCUT2D eigenvalue weighted by Gasteiger charge is -2.11. The number of aromatic nitrogens is 2. The zero-order valence-electron chi connectivity index (χ0n) is 16.3. The molecule has 0 fully saturated rings. The van der Waals surface area contributed by atoms with Crippen LogP contribution < -0.4 is 10.9 Å². The highest BCUT2D eigenvalue weighted by Crippen LogP contribution is 2.15. The smallest absolute Gasteiger partial charge is 0.274 e. The lowest BCUT2D eigenvalue weighted by Crippen LogP contribution is -2.32. The van der Waals surface area contributed by atoms with Crippen LogP contribution in [0.3, 0.4) is 0 Å². The molecule has 2 aromatic carbocycles. The Bertz CT molecular complexity index is 1190. The Kier molecular flexibility index (Phi) is 6.29. The molecule has 0 saturated heterocycles. The van der Waals surface area contributed by atoms with Gasteiger partial charge < -0.3 is 9.73 Å². The molecule has 1 amide bonds.